The number of hydrogen-bond acceptors (Lipinski definition) is 7. The van der Waals surface area contributed by atoms with Crippen molar-refractivity contribution in [3.8, 4) is 5.75 Å². The van der Waals surface area contributed by atoms with Crippen LogP contribution in [-0.4, -0.2) is 29.1 Å². The van der Waals surface area contributed by atoms with E-state index in [9.17, 15) is 14.9 Å². The number of rotatable bonds is 6. The summed E-state index contributed by atoms with van der Waals surface area (Å²) in [4.78, 5) is 28.2. The van der Waals surface area contributed by atoms with E-state index in [-0.39, 0.29) is 11.3 Å². The van der Waals surface area contributed by atoms with Gasteiger partial charge in [0.25, 0.3) is 11.6 Å². The third-order valence-electron chi connectivity index (χ3n) is 4.40. The highest BCUT2D eigenvalue weighted by Gasteiger charge is 2.22. The van der Waals surface area contributed by atoms with Gasteiger partial charge in [-0.25, -0.2) is 4.98 Å². The molecule has 3 aromatic carbocycles. The predicted octanol–water partition coefficient (Wildman–Crippen LogP) is 4.89. The maximum absolute atomic E-state index is 13.2. The molecule has 0 unspecified atom stereocenters. The second-order valence-corrected chi connectivity index (χ2v) is 7.42. The van der Waals surface area contributed by atoms with E-state index < -0.39 is 10.8 Å². The Balaban J connectivity index is 1.74. The van der Waals surface area contributed by atoms with Crippen molar-refractivity contribution < 1.29 is 14.5 Å². The number of ether oxygens (including phenoxy) is 1. The molecular formula is C22H16N4O4S. The van der Waals surface area contributed by atoms with Crippen molar-refractivity contribution >= 4 is 44.5 Å². The number of non-ortho nitro benzene ring substituents is 1. The zero-order valence-corrected chi connectivity index (χ0v) is 17.2. The summed E-state index contributed by atoms with van der Waals surface area (Å²) in [6.45, 7) is 0. The zero-order chi connectivity index (χ0) is 21.8. The van der Waals surface area contributed by atoms with Gasteiger partial charge >= 0.3 is 0 Å². The molecule has 0 radical (unpaired) electrons. The second kappa shape index (κ2) is 8.72. The number of amides is 1. The number of fused-ring (bicyclic) bond motifs is 1. The molecule has 8 nitrogen and oxygen atoms in total. The highest BCUT2D eigenvalue weighted by Crippen LogP contribution is 2.32. The fraction of sp³-hybridized carbons (Fsp3) is 0.0455. The summed E-state index contributed by atoms with van der Waals surface area (Å²) in [7, 11) is 1.58. The number of hydrogen-bond donors (Lipinski definition) is 0. The average molecular weight is 432 g/mol. The van der Waals surface area contributed by atoms with Gasteiger partial charge in [-0.3, -0.25) is 14.9 Å². The fourth-order valence-corrected chi connectivity index (χ4v) is 3.76. The number of carbonyl (C=O) groups is 1. The van der Waals surface area contributed by atoms with Gasteiger partial charge < -0.3 is 4.74 Å². The number of carbonyl (C=O) groups excluding carboxylic acids is 1. The van der Waals surface area contributed by atoms with Gasteiger partial charge in [-0.15, -0.1) is 0 Å². The summed E-state index contributed by atoms with van der Waals surface area (Å²) < 4.78 is 6.10. The molecule has 0 saturated heterocycles. The first kappa shape index (κ1) is 20.2. The Morgan fingerprint density at radius 1 is 1.13 bits per heavy atom. The third-order valence-corrected chi connectivity index (χ3v) is 5.40. The van der Waals surface area contributed by atoms with E-state index >= 15 is 0 Å². The maximum Gasteiger partial charge on any atom is 0.280 e. The Morgan fingerprint density at radius 2 is 1.87 bits per heavy atom. The molecule has 1 amide bonds. The summed E-state index contributed by atoms with van der Waals surface area (Å²) in [6, 6.07) is 20.2. The van der Waals surface area contributed by atoms with Gasteiger partial charge in [-0.1, -0.05) is 41.7 Å². The molecule has 0 bridgehead atoms. The van der Waals surface area contributed by atoms with Crippen LogP contribution in [0.15, 0.2) is 77.9 Å². The number of nitro groups is 1. The van der Waals surface area contributed by atoms with Crippen LogP contribution in [0.25, 0.3) is 10.2 Å². The molecule has 0 aliphatic heterocycles. The fourth-order valence-electron chi connectivity index (χ4n) is 2.81. The maximum atomic E-state index is 13.2. The van der Waals surface area contributed by atoms with E-state index in [1.165, 1.54) is 40.6 Å². The van der Waals surface area contributed by atoms with Crippen LogP contribution < -0.4 is 9.75 Å². The minimum atomic E-state index is -0.513. The van der Waals surface area contributed by atoms with Crippen LogP contribution in [0.5, 0.6) is 5.75 Å². The molecule has 0 saturated carbocycles. The largest absolute Gasteiger partial charge is 0.497 e. The Kier molecular flexibility index (Phi) is 5.67. The van der Waals surface area contributed by atoms with Crippen LogP contribution in [0.3, 0.4) is 0 Å². The van der Waals surface area contributed by atoms with Crippen molar-refractivity contribution in [2.45, 2.75) is 0 Å². The Hall–Kier alpha value is -4.11. The van der Waals surface area contributed by atoms with Crippen molar-refractivity contribution in [2.24, 2.45) is 5.10 Å². The van der Waals surface area contributed by atoms with Crippen LogP contribution in [0.1, 0.15) is 15.9 Å². The number of thiazole rings is 1. The van der Waals surface area contributed by atoms with Crippen molar-refractivity contribution in [1.82, 2.24) is 4.98 Å². The highest BCUT2D eigenvalue weighted by molar-refractivity contribution is 7.22. The lowest BCUT2D eigenvalue weighted by molar-refractivity contribution is -0.384. The summed E-state index contributed by atoms with van der Waals surface area (Å²) >= 11 is 1.29. The van der Waals surface area contributed by atoms with Crippen LogP contribution in [0.4, 0.5) is 10.8 Å². The van der Waals surface area contributed by atoms with E-state index in [0.717, 1.165) is 10.3 Å². The molecule has 154 valence electrons. The minimum Gasteiger partial charge on any atom is -0.497 e. The van der Waals surface area contributed by atoms with Gasteiger partial charge in [0.2, 0.25) is 5.13 Å². The SMILES string of the molecule is COc1ccc2nc(N(/N=C/c3ccccc3)C(=O)c3ccc([N+](=O)[O-])cc3)sc2c1. The van der Waals surface area contributed by atoms with E-state index in [4.69, 9.17) is 4.74 Å². The van der Waals surface area contributed by atoms with E-state index in [1.807, 2.05) is 42.5 Å². The van der Waals surface area contributed by atoms with Crippen LogP contribution in [0.2, 0.25) is 0 Å². The third kappa shape index (κ3) is 4.41. The van der Waals surface area contributed by atoms with E-state index in [1.54, 1.807) is 19.4 Å². The molecule has 0 atom stereocenters. The van der Waals surface area contributed by atoms with E-state index in [0.29, 0.717) is 16.4 Å². The Labute approximate surface area is 181 Å². The summed E-state index contributed by atoms with van der Waals surface area (Å²) in [5.41, 5.74) is 1.68. The van der Waals surface area contributed by atoms with Crippen LogP contribution in [0, 0.1) is 10.1 Å². The van der Waals surface area contributed by atoms with Crippen molar-refractivity contribution in [3.63, 3.8) is 0 Å². The lowest BCUT2D eigenvalue weighted by Crippen LogP contribution is -2.25. The minimum absolute atomic E-state index is 0.0945. The normalized spacial score (nSPS) is 11.0. The molecule has 4 rings (SSSR count). The van der Waals surface area contributed by atoms with Gasteiger partial charge in [0.1, 0.15) is 5.75 Å². The molecule has 31 heavy (non-hydrogen) atoms. The lowest BCUT2D eigenvalue weighted by Gasteiger charge is -2.13. The first-order valence-electron chi connectivity index (χ1n) is 9.17. The number of benzene rings is 3. The van der Waals surface area contributed by atoms with Gasteiger partial charge in [-0.05, 0) is 35.9 Å². The first-order valence-corrected chi connectivity index (χ1v) is 9.99. The van der Waals surface area contributed by atoms with Crippen LogP contribution >= 0.6 is 11.3 Å². The Bertz CT molecular complexity index is 1270. The highest BCUT2D eigenvalue weighted by atomic mass is 32.1. The molecular weight excluding hydrogens is 416 g/mol. The smallest absolute Gasteiger partial charge is 0.280 e. The standard InChI is InChI=1S/C22H16N4O4S/c1-30-18-11-12-19-20(13-18)31-22(24-19)25(23-14-15-5-3-2-4-6-15)21(27)16-7-9-17(10-8-16)26(28)29/h2-14H,1H3/b23-14+. The molecule has 9 heteroatoms. The number of nitrogens with zero attached hydrogens (tertiary/aromatic N) is 4. The average Bonchev–Trinajstić information content (AvgIpc) is 3.22. The molecule has 0 fully saturated rings. The molecule has 0 aliphatic rings. The first-order chi connectivity index (χ1) is 15.0. The topological polar surface area (TPSA) is 97.9 Å². The molecule has 4 aromatic rings. The molecule has 0 aliphatic carbocycles. The molecule has 0 spiro atoms. The summed E-state index contributed by atoms with van der Waals surface area (Å²) in [6.07, 6.45) is 1.57. The van der Waals surface area contributed by atoms with Crippen molar-refractivity contribution in [1.29, 1.82) is 0 Å². The Morgan fingerprint density at radius 3 is 2.55 bits per heavy atom. The number of nitro benzene ring substituents is 1. The molecule has 1 aromatic heterocycles. The lowest BCUT2D eigenvalue weighted by atomic mass is 10.2. The van der Waals surface area contributed by atoms with Crippen LogP contribution in [-0.2, 0) is 0 Å². The van der Waals surface area contributed by atoms with Gasteiger partial charge in [-0.2, -0.15) is 10.1 Å². The van der Waals surface area contributed by atoms with Gasteiger partial charge in [0.05, 0.1) is 28.5 Å². The van der Waals surface area contributed by atoms with Crippen molar-refractivity contribution in [3.05, 3.63) is 94.0 Å². The number of aromatic nitrogens is 1. The predicted molar refractivity (Wildman–Crippen MR) is 120 cm³/mol. The quantitative estimate of drug-likeness (QED) is 0.245. The van der Waals surface area contributed by atoms with Gasteiger partial charge in [0.15, 0.2) is 0 Å². The number of hydrazone groups is 1. The number of methoxy groups -OCH3 is 1. The second-order valence-electron chi connectivity index (χ2n) is 6.41. The van der Waals surface area contributed by atoms with E-state index in [2.05, 4.69) is 10.1 Å². The summed E-state index contributed by atoms with van der Waals surface area (Å²) in [5.74, 6) is 0.233. The monoisotopic (exact) mass is 432 g/mol. The summed E-state index contributed by atoms with van der Waals surface area (Å²) in [5, 5.41) is 16.9. The van der Waals surface area contributed by atoms with Crippen molar-refractivity contribution in [2.75, 3.05) is 12.1 Å². The molecule has 0 N–H and O–H groups in total. The zero-order valence-electron chi connectivity index (χ0n) is 16.3. The molecule has 1 heterocycles. The number of anilines is 1. The van der Waals surface area contributed by atoms with Gasteiger partial charge in [0, 0.05) is 17.7 Å².